The Balaban J connectivity index is 2.11. The fourth-order valence-electron chi connectivity index (χ4n) is 1.91. The number of carbonyl (C=O) groups excluding carboxylic acids is 1. The van der Waals surface area contributed by atoms with Gasteiger partial charge in [0.25, 0.3) is 0 Å². The summed E-state index contributed by atoms with van der Waals surface area (Å²) in [5.74, 6) is -0.569. The molecular formula is C13H15F3N2O2. The molecule has 0 heterocycles. The SMILES string of the molecule is CN(Cc1ccccc1OC(F)(F)F)C(=O)C1(N)CC1. The van der Waals surface area contributed by atoms with E-state index >= 15 is 0 Å². The number of halogens is 3. The second kappa shape index (κ2) is 4.97. The number of hydrogen-bond acceptors (Lipinski definition) is 3. The zero-order chi connectivity index (χ0) is 15.0. The Hall–Kier alpha value is -1.76. The second-order valence-electron chi connectivity index (χ2n) is 4.97. The topological polar surface area (TPSA) is 55.6 Å². The molecule has 1 aromatic rings. The molecule has 0 radical (unpaired) electrons. The second-order valence-corrected chi connectivity index (χ2v) is 4.97. The van der Waals surface area contributed by atoms with Gasteiger partial charge in [0.05, 0.1) is 5.54 Å². The van der Waals surface area contributed by atoms with Crippen LogP contribution in [0.3, 0.4) is 0 Å². The molecule has 0 unspecified atom stereocenters. The van der Waals surface area contributed by atoms with Crippen LogP contribution in [0.5, 0.6) is 5.75 Å². The minimum absolute atomic E-state index is 0.0179. The molecule has 7 heteroatoms. The predicted molar refractivity (Wildman–Crippen MR) is 65.8 cm³/mol. The molecule has 0 atom stereocenters. The van der Waals surface area contributed by atoms with E-state index in [4.69, 9.17) is 5.73 Å². The fraction of sp³-hybridized carbons (Fsp3) is 0.462. The molecule has 0 spiro atoms. The van der Waals surface area contributed by atoms with Crippen LogP contribution in [-0.4, -0.2) is 29.8 Å². The highest BCUT2D eigenvalue weighted by molar-refractivity contribution is 5.88. The maximum Gasteiger partial charge on any atom is 0.573 e. The molecule has 1 amide bonds. The fourth-order valence-corrected chi connectivity index (χ4v) is 1.91. The van der Waals surface area contributed by atoms with E-state index in [0.29, 0.717) is 12.8 Å². The summed E-state index contributed by atoms with van der Waals surface area (Å²) in [7, 11) is 1.51. The van der Waals surface area contributed by atoms with Crippen molar-refractivity contribution in [1.29, 1.82) is 0 Å². The van der Waals surface area contributed by atoms with Crippen LogP contribution in [0.25, 0.3) is 0 Å². The van der Waals surface area contributed by atoms with Crippen molar-refractivity contribution in [3.8, 4) is 5.75 Å². The first kappa shape index (κ1) is 14.6. The number of alkyl halides is 3. The average molecular weight is 288 g/mol. The van der Waals surface area contributed by atoms with E-state index < -0.39 is 11.9 Å². The number of benzene rings is 1. The molecule has 0 aliphatic heterocycles. The summed E-state index contributed by atoms with van der Waals surface area (Å²) in [6.07, 6.45) is -3.54. The van der Waals surface area contributed by atoms with E-state index in [1.54, 1.807) is 6.07 Å². The predicted octanol–water partition coefficient (Wildman–Crippen LogP) is 2.03. The van der Waals surface area contributed by atoms with Crippen molar-refractivity contribution in [2.45, 2.75) is 31.3 Å². The van der Waals surface area contributed by atoms with Gasteiger partial charge < -0.3 is 15.4 Å². The van der Waals surface area contributed by atoms with Gasteiger partial charge in [0.2, 0.25) is 5.91 Å². The Morgan fingerprint density at radius 1 is 1.40 bits per heavy atom. The summed E-state index contributed by atoms with van der Waals surface area (Å²) in [5, 5.41) is 0. The minimum atomic E-state index is -4.76. The van der Waals surface area contributed by atoms with Gasteiger partial charge in [0.1, 0.15) is 5.75 Å². The number of para-hydroxylation sites is 1. The molecule has 110 valence electrons. The minimum Gasteiger partial charge on any atom is -0.405 e. The Kier molecular flexibility index (Phi) is 3.64. The molecule has 0 bridgehead atoms. The summed E-state index contributed by atoms with van der Waals surface area (Å²) >= 11 is 0. The summed E-state index contributed by atoms with van der Waals surface area (Å²) in [4.78, 5) is 13.3. The lowest BCUT2D eigenvalue weighted by Gasteiger charge is -2.22. The maximum absolute atomic E-state index is 12.3. The Labute approximate surface area is 114 Å². The van der Waals surface area contributed by atoms with Crippen LogP contribution in [0.1, 0.15) is 18.4 Å². The molecule has 0 aromatic heterocycles. The lowest BCUT2D eigenvalue weighted by molar-refractivity contribution is -0.275. The highest BCUT2D eigenvalue weighted by atomic mass is 19.4. The zero-order valence-corrected chi connectivity index (χ0v) is 10.9. The summed E-state index contributed by atoms with van der Waals surface area (Å²) < 4.78 is 40.8. The molecule has 1 fully saturated rings. The molecule has 1 aliphatic rings. The third-order valence-electron chi connectivity index (χ3n) is 3.17. The Morgan fingerprint density at radius 3 is 2.55 bits per heavy atom. The first-order valence-electron chi connectivity index (χ1n) is 6.09. The average Bonchev–Trinajstić information content (AvgIpc) is 3.08. The van der Waals surface area contributed by atoms with Crippen LogP contribution in [0.4, 0.5) is 13.2 Å². The van der Waals surface area contributed by atoms with Gasteiger partial charge in [-0.3, -0.25) is 4.79 Å². The maximum atomic E-state index is 12.3. The van der Waals surface area contributed by atoms with Gasteiger partial charge in [0.15, 0.2) is 0 Å². The van der Waals surface area contributed by atoms with Crippen LogP contribution in [-0.2, 0) is 11.3 Å². The molecule has 1 aliphatic carbocycles. The van der Waals surface area contributed by atoms with Crippen molar-refractivity contribution in [2.24, 2.45) is 5.73 Å². The molecule has 1 saturated carbocycles. The van der Waals surface area contributed by atoms with E-state index in [2.05, 4.69) is 4.74 Å². The van der Waals surface area contributed by atoms with Gasteiger partial charge in [-0.15, -0.1) is 13.2 Å². The number of nitrogens with two attached hydrogens (primary N) is 1. The number of ether oxygens (including phenoxy) is 1. The number of rotatable bonds is 4. The van der Waals surface area contributed by atoms with E-state index in [0.717, 1.165) is 0 Å². The van der Waals surface area contributed by atoms with Gasteiger partial charge in [-0.05, 0) is 18.9 Å². The van der Waals surface area contributed by atoms with Gasteiger partial charge in [-0.1, -0.05) is 18.2 Å². The van der Waals surface area contributed by atoms with E-state index in [1.165, 1.54) is 30.1 Å². The van der Waals surface area contributed by atoms with Crippen molar-refractivity contribution >= 4 is 5.91 Å². The summed E-state index contributed by atoms with van der Waals surface area (Å²) in [6.45, 7) is 0.0179. The molecule has 4 nitrogen and oxygen atoms in total. The van der Waals surface area contributed by atoms with Gasteiger partial charge >= 0.3 is 6.36 Å². The highest BCUT2D eigenvalue weighted by Crippen LogP contribution is 2.34. The number of nitrogens with zero attached hydrogens (tertiary/aromatic N) is 1. The summed E-state index contributed by atoms with van der Waals surface area (Å²) in [6, 6.07) is 5.74. The van der Waals surface area contributed by atoms with Gasteiger partial charge in [-0.25, -0.2) is 0 Å². The van der Waals surface area contributed by atoms with Crippen molar-refractivity contribution in [2.75, 3.05) is 7.05 Å². The third kappa shape index (κ3) is 3.41. The lowest BCUT2D eigenvalue weighted by atomic mass is 10.1. The van der Waals surface area contributed by atoms with Crippen LogP contribution in [0.15, 0.2) is 24.3 Å². The largest absolute Gasteiger partial charge is 0.573 e. The Morgan fingerprint density at radius 2 is 2.00 bits per heavy atom. The first-order valence-corrected chi connectivity index (χ1v) is 6.09. The number of likely N-dealkylation sites (N-methyl/N-ethyl adjacent to an activating group) is 1. The van der Waals surface area contributed by atoms with Crippen molar-refractivity contribution in [3.05, 3.63) is 29.8 Å². The molecule has 1 aromatic carbocycles. The van der Waals surface area contributed by atoms with Crippen molar-refractivity contribution < 1.29 is 22.7 Å². The third-order valence-corrected chi connectivity index (χ3v) is 3.17. The lowest BCUT2D eigenvalue weighted by Crippen LogP contribution is -2.43. The summed E-state index contributed by atoms with van der Waals surface area (Å²) in [5.41, 5.74) is 5.23. The normalized spacial score (nSPS) is 16.6. The van der Waals surface area contributed by atoms with Gasteiger partial charge in [-0.2, -0.15) is 0 Å². The zero-order valence-electron chi connectivity index (χ0n) is 10.9. The smallest absolute Gasteiger partial charge is 0.405 e. The number of carbonyl (C=O) groups is 1. The van der Waals surface area contributed by atoms with Crippen LogP contribution in [0.2, 0.25) is 0 Å². The van der Waals surface area contributed by atoms with Crippen LogP contribution >= 0.6 is 0 Å². The van der Waals surface area contributed by atoms with Crippen molar-refractivity contribution in [1.82, 2.24) is 4.90 Å². The van der Waals surface area contributed by atoms with E-state index in [1.807, 2.05) is 0 Å². The van der Waals surface area contributed by atoms with E-state index in [-0.39, 0.29) is 23.8 Å². The van der Waals surface area contributed by atoms with Crippen LogP contribution < -0.4 is 10.5 Å². The molecule has 20 heavy (non-hydrogen) atoms. The first-order chi connectivity index (χ1) is 9.21. The highest BCUT2D eigenvalue weighted by Gasteiger charge is 2.47. The monoisotopic (exact) mass is 288 g/mol. The van der Waals surface area contributed by atoms with Crippen LogP contribution in [0, 0.1) is 0 Å². The standard InChI is InChI=1S/C13H15F3N2O2/c1-18(11(19)12(17)6-7-12)8-9-4-2-3-5-10(9)20-13(14,15)16/h2-5H,6-8,17H2,1H3. The number of hydrogen-bond donors (Lipinski definition) is 1. The number of amides is 1. The molecule has 2 rings (SSSR count). The van der Waals surface area contributed by atoms with Crippen molar-refractivity contribution in [3.63, 3.8) is 0 Å². The Bertz CT molecular complexity index is 513. The molecule has 0 saturated heterocycles. The van der Waals surface area contributed by atoms with Gasteiger partial charge in [0, 0.05) is 19.2 Å². The molecular weight excluding hydrogens is 273 g/mol. The van der Waals surface area contributed by atoms with E-state index in [9.17, 15) is 18.0 Å². The molecule has 2 N–H and O–H groups in total. The quantitative estimate of drug-likeness (QED) is 0.922.